The van der Waals surface area contributed by atoms with E-state index in [4.69, 9.17) is 9.63 Å². The molecular formula is C24H29FNO5P. The number of aromatic nitrogens is 1. The highest BCUT2D eigenvalue weighted by atomic mass is 31.1. The number of aliphatic hydroxyl groups excluding tert-OH is 1. The van der Waals surface area contributed by atoms with Crippen molar-refractivity contribution < 1.29 is 28.5 Å². The molecule has 0 spiro atoms. The van der Waals surface area contributed by atoms with Crippen LogP contribution >= 0.6 is 8.03 Å². The summed E-state index contributed by atoms with van der Waals surface area (Å²) < 4.78 is 33.1. The molecule has 1 aliphatic heterocycles. The van der Waals surface area contributed by atoms with E-state index in [0.717, 1.165) is 42.6 Å². The van der Waals surface area contributed by atoms with Crippen LogP contribution < -0.4 is 0 Å². The van der Waals surface area contributed by atoms with Crippen molar-refractivity contribution >= 4 is 14.0 Å². The van der Waals surface area contributed by atoms with Crippen molar-refractivity contribution in [2.24, 2.45) is 0 Å². The van der Waals surface area contributed by atoms with Crippen LogP contribution in [-0.4, -0.2) is 39.6 Å². The second-order valence-electron chi connectivity index (χ2n) is 8.27. The lowest BCUT2D eigenvalue weighted by molar-refractivity contribution is -0.138. The lowest BCUT2D eigenvalue weighted by Gasteiger charge is -2.19. The van der Waals surface area contributed by atoms with Gasteiger partial charge in [-0.1, -0.05) is 25.7 Å². The first-order valence-corrected chi connectivity index (χ1v) is 12.4. The summed E-state index contributed by atoms with van der Waals surface area (Å²) in [4.78, 5) is 10.6. The Labute approximate surface area is 188 Å². The van der Waals surface area contributed by atoms with E-state index in [0.29, 0.717) is 0 Å². The standard InChI is InChI=1S/C24H29FNO5P/c1-16(2)23-20(6-5-13-31-32(30)15-19(27)14-22(28)29)24(17-8-10-18(25)11-9-17)26-12-4-3-7-21(23)26/h8-11,16,19,27,32H,3-4,7,12-15H2,1-2H3,(H,28,29). The highest BCUT2D eigenvalue weighted by Gasteiger charge is 2.26. The van der Waals surface area contributed by atoms with E-state index in [1.807, 2.05) is 0 Å². The summed E-state index contributed by atoms with van der Waals surface area (Å²) in [5.41, 5.74) is 5.21. The van der Waals surface area contributed by atoms with Gasteiger partial charge in [0.25, 0.3) is 0 Å². The largest absolute Gasteiger partial charge is 0.481 e. The topological polar surface area (TPSA) is 88.8 Å². The quantitative estimate of drug-likeness (QED) is 0.449. The van der Waals surface area contributed by atoms with Crippen molar-refractivity contribution in [2.45, 2.75) is 58.1 Å². The zero-order chi connectivity index (χ0) is 23.3. The number of carbonyl (C=O) groups is 1. The SMILES string of the molecule is CC(C)c1c(C#CCO[PH](=O)CC(O)CC(=O)O)c(-c2ccc(F)cc2)n2c1CCCC2. The van der Waals surface area contributed by atoms with Gasteiger partial charge in [0.1, 0.15) is 12.4 Å². The Morgan fingerprint density at radius 1 is 1.28 bits per heavy atom. The van der Waals surface area contributed by atoms with Gasteiger partial charge in [0.15, 0.2) is 8.03 Å². The van der Waals surface area contributed by atoms with Gasteiger partial charge in [-0.05, 0) is 60.6 Å². The molecule has 1 aromatic carbocycles. The third-order valence-electron chi connectivity index (χ3n) is 5.48. The van der Waals surface area contributed by atoms with Crippen molar-refractivity contribution in [3.63, 3.8) is 0 Å². The minimum Gasteiger partial charge on any atom is -0.481 e. The van der Waals surface area contributed by atoms with Crippen molar-refractivity contribution in [1.29, 1.82) is 0 Å². The van der Waals surface area contributed by atoms with Crippen molar-refractivity contribution in [1.82, 2.24) is 4.57 Å². The molecule has 2 N–H and O–H groups in total. The zero-order valence-corrected chi connectivity index (χ0v) is 19.4. The number of hydrogen-bond acceptors (Lipinski definition) is 4. The van der Waals surface area contributed by atoms with Gasteiger partial charge in [0, 0.05) is 18.4 Å². The first kappa shape index (κ1) is 24.3. The number of fused-ring (bicyclic) bond motifs is 1. The number of halogens is 1. The molecule has 0 saturated heterocycles. The molecule has 2 aromatic rings. The fourth-order valence-corrected chi connectivity index (χ4v) is 5.07. The molecule has 3 rings (SSSR count). The number of aliphatic carboxylic acids is 1. The third kappa shape index (κ3) is 5.89. The molecule has 2 heterocycles. The van der Waals surface area contributed by atoms with Crippen molar-refractivity contribution in [2.75, 3.05) is 12.8 Å². The summed E-state index contributed by atoms with van der Waals surface area (Å²) in [6.45, 7) is 5.06. The van der Waals surface area contributed by atoms with Gasteiger partial charge >= 0.3 is 5.97 Å². The van der Waals surface area contributed by atoms with Crippen LogP contribution in [0, 0.1) is 17.7 Å². The monoisotopic (exact) mass is 461 g/mol. The fraction of sp³-hybridized carbons (Fsp3) is 0.458. The highest BCUT2D eigenvalue weighted by Crippen LogP contribution is 2.38. The Kier molecular flexibility index (Phi) is 8.31. The molecular weight excluding hydrogens is 432 g/mol. The Balaban J connectivity index is 1.88. The molecule has 6 nitrogen and oxygen atoms in total. The number of hydrogen-bond donors (Lipinski definition) is 2. The average Bonchev–Trinajstić information content (AvgIpc) is 3.05. The van der Waals surface area contributed by atoms with Crippen LogP contribution in [0.3, 0.4) is 0 Å². The molecule has 1 aromatic heterocycles. The summed E-state index contributed by atoms with van der Waals surface area (Å²) in [5.74, 6) is 4.95. The maximum absolute atomic E-state index is 13.5. The summed E-state index contributed by atoms with van der Waals surface area (Å²) in [7, 11) is -2.59. The molecule has 0 aliphatic carbocycles. The van der Waals surface area contributed by atoms with Crippen LogP contribution in [-0.2, 0) is 26.8 Å². The summed E-state index contributed by atoms with van der Waals surface area (Å²) >= 11 is 0. The van der Waals surface area contributed by atoms with E-state index in [9.17, 15) is 18.9 Å². The summed E-state index contributed by atoms with van der Waals surface area (Å²) in [6, 6.07) is 6.42. The highest BCUT2D eigenvalue weighted by molar-refractivity contribution is 7.39. The predicted octanol–water partition coefficient (Wildman–Crippen LogP) is 4.43. The maximum Gasteiger partial charge on any atom is 0.305 e. The number of carboxylic acids is 1. The van der Waals surface area contributed by atoms with Crippen LogP contribution in [0.5, 0.6) is 0 Å². The molecule has 2 unspecified atom stereocenters. The Hall–Kier alpha value is -2.39. The number of benzene rings is 1. The smallest absolute Gasteiger partial charge is 0.305 e. The fourth-order valence-electron chi connectivity index (χ4n) is 4.19. The molecule has 0 fully saturated rings. The summed E-state index contributed by atoms with van der Waals surface area (Å²) in [6.07, 6.45) is 1.27. The third-order valence-corrected chi connectivity index (χ3v) is 6.76. The average molecular weight is 461 g/mol. The number of nitrogens with zero attached hydrogens (tertiary/aromatic N) is 1. The van der Waals surface area contributed by atoms with E-state index in [2.05, 4.69) is 30.3 Å². The second-order valence-corrected chi connectivity index (χ2v) is 9.71. The van der Waals surface area contributed by atoms with Gasteiger partial charge < -0.3 is 19.3 Å². The van der Waals surface area contributed by atoms with Crippen LogP contribution in [0.25, 0.3) is 11.3 Å². The van der Waals surface area contributed by atoms with Crippen molar-refractivity contribution in [3.05, 3.63) is 46.9 Å². The molecule has 0 amide bonds. The van der Waals surface area contributed by atoms with Gasteiger partial charge in [-0.25, -0.2) is 4.39 Å². The van der Waals surface area contributed by atoms with Crippen LogP contribution in [0.4, 0.5) is 4.39 Å². The van der Waals surface area contributed by atoms with E-state index in [1.165, 1.54) is 23.4 Å². The first-order chi connectivity index (χ1) is 15.3. The van der Waals surface area contributed by atoms with Gasteiger partial charge in [0.05, 0.1) is 23.8 Å². The van der Waals surface area contributed by atoms with Crippen LogP contribution in [0.15, 0.2) is 24.3 Å². The Morgan fingerprint density at radius 2 is 2.00 bits per heavy atom. The number of aliphatic hydroxyl groups is 1. The van der Waals surface area contributed by atoms with Gasteiger partial charge in [-0.2, -0.15) is 0 Å². The Bertz CT molecular complexity index is 1050. The van der Waals surface area contributed by atoms with E-state index < -0.39 is 26.5 Å². The molecule has 0 radical (unpaired) electrons. The summed E-state index contributed by atoms with van der Waals surface area (Å²) in [5, 5.41) is 18.3. The number of rotatable bonds is 8. The van der Waals surface area contributed by atoms with Gasteiger partial charge in [0.2, 0.25) is 0 Å². The first-order valence-electron chi connectivity index (χ1n) is 10.8. The number of carboxylic acid groups (broad SMARTS) is 1. The predicted molar refractivity (Wildman–Crippen MR) is 122 cm³/mol. The second kappa shape index (κ2) is 11.0. The normalized spacial score (nSPS) is 15.0. The minimum atomic E-state index is -2.59. The molecule has 0 saturated carbocycles. The maximum atomic E-state index is 13.5. The lowest BCUT2D eigenvalue weighted by Crippen LogP contribution is -2.15. The van der Waals surface area contributed by atoms with Crippen LogP contribution in [0.1, 0.15) is 55.8 Å². The molecule has 32 heavy (non-hydrogen) atoms. The lowest BCUT2D eigenvalue weighted by atomic mass is 9.94. The molecule has 2 atom stereocenters. The molecule has 8 heteroatoms. The van der Waals surface area contributed by atoms with E-state index in [-0.39, 0.29) is 24.5 Å². The zero-order valence-electron chi connectivity index (χ0n) is 18.4. The van der Waals surface area contributed by atoms with E-state index >= 15 is 0 Å². The van der Waals surface area contributed by atoms with Crippen LogP contribution in [0.2, 0.25) is 0 Å². The Morgan fingerprint density at radius 3 is 2.66 bits per heavy atom. The molecule has 0 bridgehead atoms. The van der Waals surface area contributed by atoms with Gasteiger partial charge in [-0.15, -0.1) is 0 Å². The van der Waals surface area contributed by atoms with Crippen molar-refractivity contribution in [3.8, 4) is 23.1 Å². The van der Waals surface area contributed by atoms with Gasteiger partial charge in [-0.3, -0.25) is 9.36 Å². The molecule has 172 valence electrons. The van der Waals surface area contributed by atoms with E-state index in [1.54, 1.807) is 12.1 Å². The molecule has 1 aliphatic rings. The minimum absolute atomic E-state index is 0.0848.